The van der Waals surface area contributed by atoms with Crippen molar-refractivity contribution >= 4 is 11.9 Å². The zero-order valence-electron chi connectivity index (χ0n) is 11.9. The monoisotopic (exact) mass is 311 g/mol. The Bertz CT molecular complexity index is 365. The van der Waals surface area contributed by atoms with Crippen LogP contribution in [0.3, 0.4) is 0 Å². The van der Waals surface area contributed by atoms with Crippen LogP contribution < -0.4 is 0 Å². The minimum absolute atomic E-state index is 0.0783. The number of alkyl halides is 3. The van der Waals surface area contributed by atoms with Gasteiger partial charge >= 0.3 is 12.1 Å². The van der Waals surface area contributed by atoms with Crippen LogP contribution >= 0.6 is 0 Å². The Kier molecular flexibility index (Phi) is 6.44. The second-order valence-electron chi connectivity index (χ2n) is 5.24. The average molecular weight is 311 g/mol. The molecule has 0 bridgehead atoms. The molecule has 21 heavy (non-hydrogen) atoms. The van der Waals surface area contributed by atoms with Gasteiger partial charge in [0.1, 0.15) is 6.54 Å². The number of nitrogens with zero attached hydrogens (tertiary/aromatic N) is 1. The summed E-state index contributed by atoms with van der Waals surface area (Å²) in [5, 5.41) is 8.80. The summed E-state index contributed by atoms with van der Waals surface area (Å²) in [5.41, 5.74) is 0. The van der Waals surface area contributed by atoms with Crippen molar-refractivity contribution in [2.24, 2.45) is 11.8 Å². The van der Waals surface area contributed by atoms with Crippen LogP contribution in [0.15, 0.2) is 0 Å². The number of aliphatic carboxylic acids is 1. The molecule has 1 aliphatic carbocycles. The van der Waals surface area contributed by atoms with E-state index < -0.39 is 36.4 Å². The molecular weight excluding hydrogens is 291 g/mol. The maximum absolute atomic E-state index is 12.6. The number of amides is 1. The lowest BCUT2D eigenvalue weighted by molar-refractivity contribution is -0.185. The molecule has 0 saturated heterocycles. The van der Waals surface area contributed by atoms with Crippen molar-refractivity contribution in [2.75, 3.05) is 26.8 Å². The molecule has 1 saturated carbocycles. The summed E-state index contributed by atoms with van der Waals surface area (Å²) in [4.78, 5) is 24.1. The molecule has 0 aromatic heterocycles. The first-order valence-corrected chi connectivity index (χ1v) is 6.82. The van der Waals surface area contributed by atoms with E-state index in [1.165, 1.54) is 7.11 Å². The van der Waals surface area contributed by atoms with E-state index in [-0.39, 0.29) is 38.8 Å². The van der Waals surface area contributed by atoms with Gasteiger partial charge < -0.3 is 14.7 Å². The van der Waals surface area contributed by atoms with Crippen LogP contribution in [-0.4, -0.2) is 54.9 Å². The molecule has 0 spiro atoms. The molecule has 1 fully saturated rings. The highest BCUT2D eigenvalue weighted by atomic mass is 19.4. The highest BCUT2D eigenvalue weighted by Crippen LogP contribution is 2.39. The minimum atomic E-state index is -4.22. The predicted octanol–water partition coefficient (Wildman–Crippen LogP) is 1.91. The van der Waals surface area contributed by atoms with Gasteiger partial charge in [-0.15, -0.1) is 0 Å². The van der Waals surface area contributed by atoms with Gasteiger partial charge in [-0.3, -0.25) is 9.59 Å². The zero-order valence-corrected chi connectivity index (χ0v) is 11.9. The third-order valence-corrected chi connectivity index (χ3v) is 3.74. The highest BCUT2D eigenvalue weighted by Gasteiger charge is 2.43. The third-order valence-electron chi connectivity index (χ3n) is 3.74. The summed E-state index contributed by atoms with van der Waals surface area (Å²) >= 11 is 0. The van der Waals surface area contributed by atoms with Crippen LogP contribution in [0.4, 0.5) is 13.2 Å². The van der Waals surface area contributed by atoms with Crippen molar-refractivity contribution in [1.29, 1.82) is 0 Å². The Hall–Kier alpha value is -1.31. The Labute approximate surface area is 121 Å². The number of methoxy groups -OCH3 is 1. The topological polar surface area (TPSA) is 66.8 Å². The summed E-state index contributed by atoms with van der Waals surface area (Å²) in [6, 6.07) is 0. The summed E-state index contributed by atoms with van der Waals surface area (Å²) in [6.07, 6.45) is -4.08. The zero-order chi connectivity index (χ0) is 16.0. The molecule has 1 aliphatic rings. The molecule has 0 aliphatic heterocycles. The molecule has 0 heterocycles. The summed E-state index contributed by atoms with van der Waals surface area (Å²) < 4.78 is 42.5. The number of rotatable bonds is 6. The minimum Gasteiger partial charge on any atom is -0.480 e. The van der Waals surface area contributed by atoms with E-state index in [0.717, 1.165) is 4.90 Å². The van der Waals surface area contributed by atoms with Crippen molar-refractivity contribution < 1.29 is 32.6 Å². The summed E-state index contributed by atoms with van der Waals surface area (Å²) in [5.74, 6) is -3.42. The molecule has 1 N–H and O–H groups in total. The molecule has 8 heteroatoms. The second-order valence-corrected chi connectivity index (χ2v) is 5.24. The number of halogens is 3. The smallest absolute Gasteiger partial charge is 0.391 e. The molecule has 0 unspecified atom stereocenters. The SMILES string of the molecule is COCCN(CC(=O)O)C(=O)C1CCC(C(F)(F)F)CC1. The fraction of sp³-hybridized carbons (Fsp3) is 0.846. The van der Waals surface area contributed by atoms with Gasteiger partial charge in [-0.1, -0.05) is 0 Å². The van der Waals surface area contributed by atoms with Crippen molar-refractivity contribution in [1.82, 2.24) is 4.90 Å². The van der Waals surface area contributed by atoms with Gasteiger partial charge in [0.25, 0.3) is 0 Å². The molecule has 0 aromatic carbocycles. The van der Waals surface area contributed by atoms with E-state index in [0.29, 0.717) is 0 Å². The lowest BCUT2D eigenvalue weighted by Gasteiger charge is -2.32. The Morgan fingerprint density at radius 2 is 1.81 bits per heavy atom. The van der Waals surface area contributed by atoms with Crippen LogP contribution in [0.5, 0.6) is 0 Å². The molecule has 5 nitrogen and oxygen atoms in total. The lowest BCUT2D eigenvalue weighted by Crippen LogP contribution is -2.43. The van der Waals surface area contributed by atoms with Crippen molar-refractivity contribution in [2.45, 2.75) is 31.9 Å². The quantitative estimate of drug-likeness (QED) is 0.814. The largest absolute Gasteiger partial charge is 0.480 e. The number of hydrogen-bond donors (Lipinski definition) is 1. The van der Waals surface area contributed by atoms with Crippen molar-refractivity contribution in [3.05, 3.63) is 0 Å². The van der Waals surface area contributed by atoms with Crippen LogP contribution in [0, 0.1) is 11.8 Å². The van der Waals surface area contributed by atoms with Crippen LogP contribution in [0.2, 0.25) is 0 Å². The number of carboxylic acids is 1. The lowest BCUT2D eigenvalue weighted by atomic mass is 9.81. The maximum Gasteiger partial charge on any atom is 0.391 e. The van der Waals surface area contributed by atoms with Crippen LogP contribution in [-0.2, 0) is 14.3 Å². The average Bonchev–Trinajstić information content (AvgIpc) is 2.41. The first-order valence-electron chi connectivity index (χ1n) is 6.82. The molecular formula is C13H20F3NO4. The number of hydrogen-bond acceptors (Lipinski definition) is 3. The number of carboxylic acid groups (broad SMARTS) is 1. The molecule has 1 amide bonds. The summed E-state index contributed by atoms with van der Waals surface area (Å²) in [7, 11) is 1.43. The van der Waals surface area contributed by atoms with Gasteiger partial charge in [0, 0.05) is 19.6 Å². The predicted molar refractivity (Wildman–Crippen MR) is 67.6 cm³/mol. The van der Waals surface area contributed by atoms with Gasteiger partial charge in [0.05, 0.1) is 12.5 Å². The second kappa shape index (κ2) is 7.63. The van der Waals surface area contributed by atoms with Gasteiger partial charge in [0.2, 0.25) is 5.91 Å². The Morgan fingerprint density at radius 1 is 1.24 bits per heavy atom. The van der Waals surface area contributed by atoms with E-state index in [1.807, 2.05) is 0 Å². The maximum atomic E-state index is 12.6. The number of ether oxygens (including phenoxy) is 1. The normalized spacial score (nSPS) is 22.9. The van der Waals surface area contributed by atoms with Crippen LogP contribution in [0.25, 0.3) is 0 Å². The molecule has 0 atom stereocenters. The van der Waals surface area contributed by atoms with Crippen molar-refractivity contribution in [3.8, 4) is 0 Å². The molecule has 0 radical (unpaired) electrons. The van der Waals surface area contributed by atoms with E-state index in [4.69, 9.17) is 9.84 Å². The fourth-order valence-corrected chi connectivity index (χ4v) is 2.56. The van der Waals surface area contributed by atoms with Gasteiger partial charge in [0.15, 0.2) is 0 Å². The van der Waals surface area contributed by atoms with Gasteiger partial charge in [-0.05, 0) is 25.7 Å². The fourth-order valence-electron chi connectivity index (χ4n) is 2.56. The first-order chi connectivity index (χ1) is 9.75. The summed E-state index contributed by atoms with van der Waals surface area (Å²) in [6.45, 7) is -0.140. The molecule has 1 rings (SSSR count). The number of carbonyl (C=O) groups excluding carboxylic acids is 1. The first kappa shape index (κ1) is 17.7. The Balaban J connectivity index is 2.58. The van der Waals surface area contributed by atoms with Gasteiger partial charge in [-0.2, -0.15) is 13.2 Å². The van der Waals surface area contributed by atoms with Crippen LogP contribution in [0.1, 0.15) is 25.7 Å². The van der Waals surface area contributed by atoms with E-state index in [1.54, 1.807) is 0 Å². The van der Waals surface area contributed by atoms with E-state index in [2.05, 4.69) is 0 Å². The molecule has 0 aromatic rings. The van der Waals surface area contributed by atoms with E-state index >= 15 is 0 Å². The Morgan fingerprint density at radius 3 is 2.24 bits per heavy atom. The molecule has 122 valence electrons. The third kappa shape index (κ3) is 5.53. The number of carbonyl (C=O) groups is 2. The standard InChI is InChI=1S/C13H20F3NO4/c1-21-7-6-17(8-11(18)19)12(20)9-2-4-10(5-3-9)13(14,15)16/h9-10H,2-8H2,1H3,(H,18,19). The van der Waals surface area contributed by atoms with Gasteiger partial charge in [-0.25, -0.2) is 0 Å². The highest BCUT2D eigenvalue weighted by molar-refractivity contribution is 5.83. The van der Waals surface area contributed by atoms with Crippen molar-refractivity contribution in [3.63, 3.8) is 0 Å². The van der Waals surface area contributed by atoms with E-state index in [9.17, 15) is 22.8 Å².